The minimum Gasteiger partial charge on any atom is -0.393 e. The quantitative estimate of drug-likeness (QED) is 0.129. The van der Waals surface area contributed by atoms with Gasteiger partial charge in [0.2, 0.25) is 0 Å². The second-order valence-electron chi connectivity index (χ2n) is 8.88. The van der Waals surface area contributed by atoms with E-state index in [1.807, 2.05) is 0 Å². The lowest BCUT2D eigenvalue weighted by Gasteiger charge is -2.10. The van der Waals surface area contributed by atoms with E-state index in [9.17, 15) is 13.5 Å². The fraction of sp³-hybridized carbons (Fsp3) is 1.00. The van der Waals surface area contributed by atoms with Gasteiger partial charge in [-0.1, -0.05) is 122 Å². The highest BCUT2D eigenvalue weighted by Gasteiger charge is 2.06. The third kappa shape index (κ3) is 25.8. The molecule has 0 saturated carbocycles. The van der Waals surface area contributed by atoms with Crippen LogP contribution in [0.15, 0.2) is 0 Å². The molecule has 0 saturated heterocycles. The van der Waals surface area contributed by atoms with E-state index in [0.717, 1.165) is 38.5 Å². The van der Waals surface area contributed by atoms with Crippen molar-refractivity contribution in [1.29, 1.82) is 0 Å². The zero-order valence-electron chi connectivity index (χ0n) is 19.3. The van der Waals surface area contributed by atoms with Crippen molar-refractivity contribution in [2.45, 2.75) is 148 Å². The predicted octanol–water partition coefficient (Wildman–Crippen LogP) is 7.45. The predicted molar refractivity (Wildman–Crippen MR) is 125 cm³/mol. The van der Waals surface area contributed by atoms with Crippen LogP contribution in [-0.2, 0) is 10.1 Å². The lowest BCUT2D eigenvalue weighted by atomic mass is 10.0. The Morgan fingerprint density at radius 2 is 0.862 bits per heavy atom. The first kappa shape index (κ1) is 28.9. The Morgan fingerprint density at radius 3 is 1.21 bits per heavy atom. The van der Waals surface area contributed by atoms with Crippen LogP contribution in [0.2, 0.25) is 0 Å². The van der Waals surface area contributed by atoms with E-state index in [-0.39, 0.29) is 11.9 Å². The summed E-state index contributed by atoms with van der Waals surface area (Å²) in [6.07, 6.45) is 25.1. The fourth-order valence-corrected chi connectivity index (χ4v) is 4.48. The number of hydrogen-bond acceptors (Lipinski definition) is 3. The van der Waals surface area contributed by atoms with Gasteiger partial charge in [0.25, 0.3) is 10.1 Å². The van der Waals surface area contributed by atoms with Gasteiger partial charge in [-0.05, 0) is 19.3 Å². The van der Waals surface area contributed by atoms with Gasteiger partial charge in [-0.15, -0.1) is 0 Å². The van der Waals surface area contributed by atoms with Crippen LogP contribution in [-0.4, -0.2) is 29.9 Å². The molecule has 1 atom stereocenters. The molecule has 2 N–H and O–H groups in total. The second-order valence-corrected chi connectivity index (χ2v) is 10.5. The number of rotatable bonds is 23. The highest BCUT2D eigenvalue weighted by atomic mass is 32.2. The van der Waals surface area contributed by atoms with Crippen molar-refractivity contribution in [3.05, 3.63) is 0 Å². The van der Waals surface area contributed by atoms with E-state index < -0.39 is 10.1 Å². The molecule has 0 aromatic rings. The van der Waals surface area contributed by atoms with Crippen molar-refractivity contribution >= 4 is 10.1 Å². The number of aliphatic hydroxyl groups is 1. The number of hydrogen-bond donors (Lipinski definition) is 2. The summed E-state index contributed by atoms with van der Waals surface area (Å²) in [5.74, 6) is -0.144. The Labute approximate surface area is 182 Å². The minimum absolute atomic E-state index is 0.144. The van der Waals surface area contributed by atoms with Crippen molar-refractivity contribution < 1.29 is 18.1 Å². The molecule has 176 valence electrons. The SMILES string of the molecule is CCCCCCCCCCCCCCCCCC(O)CCCCCCS(=O)(=O)O. The van der Waals surface area contributed by atoms with E-state index in [1.54, 1.807) is 0 Å². The first-order valence-electron chi connectivity index (χ1n) is 12.6. The van der Waals surface area contributed by atoms with Gasteiger partial charge in [0, 0.05) is 0 Å². The summed E-state index contributed by atoms with van der Waals surface area (Å²) in [7, 11) is -3.81. The van der Waals surface area contributed by atoms with Gasteiger partial charge in [-0.25, -0.2) is 0 Å². The molecule has 0 aliphatic carbocycles. The highest BCUT2D eigenvalue weighted by molar-refractivity contribution is 7.85. The third-order valence-corrected chi connectivity index (χ3v) is 6.64. The lowest BCUT2D eigenvalue weighted by molar-refractivity contribution is 0.147. The van der Waals surface area contributed by atoms with Crippen LogP contribution in [0.3, 0.4) is 0 Å². The van der Waals surface area contributed by atoms with Crippen LogP contribution in [0.1, 0.15) is 142 Å². The van der Waals surface area contributed by atoms with Crippen LogP contribution >= 0.6 is 0 Å². The van der Waals surface area contributed by atoms with E-state index in [1.165, 1.54) is 89.9 Å². The molecule has 1 unspecified atom stereocenters. The Bertz CT molecular complexity index is 423. The third-order valence-electron chi connectivity index (χ3n) is 5.83. The van der Waals surface area contributed by atoms with E-state index in [2.05, 4.69) is 6.92 Å². The van der Waals surface area contributed by atoms with Crippen molar-refractivity contribution in [3.8, 4) is 0 Å². The van der Waals surface area contributed by atoms with Crippen molar-refractivity contribution in [2.24, 2.45) is 0 Å². The van der Waals surface area contributed by atoms with Gasteiger partial charge in [0.05, 0.1) is 11.9 Å². The largest absolute Gasteiger partial charge is 0.393 e. The summed E-state index contributed by atoms with van der Waals surface area (Å²) in [5, 5.41) is 10.0. The van der Waals surface area contributed by atoms with Gasteiger partial charge < -0.3 is 5.11 Å². The highest BCUT2D eigenvalue weighted by Crippen LogP contribution is 2.15. The van der Waals surface area contributed by atoms with Gasteiger partial charge >= 0.3 is 0 Å². The van der Waals surface area contributed by atoms with Crippen LogP contribution in [0.25, 0.3) is 0 Å². The van der Waals surface area contributed by atoms with Gasteiger partial charge in [0.15, 0.2) is 0 Å². The maximum Gasteiger partial charge on any atom is 0.264 e. The molecule has 5 heteroatoms. The van der Waals surface area contributed by atoms with Gasteiger partial charge in [-0.2, -0.15) is 8.42 Å². The first-order valence-corrected chi connectivity index (χ1v) is 14.2. The summed E-state index contributed by atoms with van der Waals surface area (Å²) in [6.45, 7) is 2.27. The normalized spacial score (nSPS) is 13.1. The standard InChI is InChI=1S/C24H50O4S/c1-2-3-4-5-6-7-8-9-10-11-12-13-14-15-18-21-24(25)22-19-16-17-20-23-29(26,27)28/h24-25H,2-23H2,1H3,(H,26,27,28). The Kier molecular flexibility index (Phi) is 21.0. The monoisotopic (exact) mass is 434 g/mol. The minimum atomic E-state index is -3.81. The molecular weight excluding hydrogens is 384 g/mol. The zero-order valence-corrected chi connectivity index (χ0v) is 20.1. The lowest BCUT2D eigenvalue weighted by Crippen LogP contribution is -2.06. The van der Waals surface area contributed by atoms with Crippen LogP contribution in [0.4, 0.5) is 0 Å². The van der Waals surface area contributed by atoms with Gasteiger partial charge in [0.1, 0.15) is 0 Å². The maximum atomic E-state index is 10.6. The average Bonchev–Trinajstić information content (AvgIpc) is 2.66. The molecule has 0 aliphatic rings. The zero-order chi connectivity index (χ0) is 21.6. The Balaban J connectivity index is 3.18. The molecule has 0 radical (unpaired) electrons. The number of unbranched alkanes of at least 4 members (excludes halogenated alkanes) is 17. The topological polar surface area (TPSA) is 74.6 Å². The number of aliphatic hydroxyl groups excluding tert-OH is 1. The van der Waals surface area contributed by atoms with Gasteiger partial charge in [-0.3, -0.25) is 4.55 Å². The Morgan fingerprint density at radius 1 is 0.552 bits per heavy atom. The molecule has 0 heterocycles. The maximum absolute atomic E-state index is 10.6. The molecule has 0 aliphatic heterocycles. The smallest absolute Gasteiger partial charge is 0.264 e. The molecule has 0 bridgehead atoms. The molecule has 0 rings (SSSR count). The molecule has 4 nitrogen and oxygen atoms in total. The molecular formula is C24H50O4S. The van der Waals surface area contributed by atoms with E-state index >= 15 is 0 Å². The molecule has 0 spiro atoms. The summed E-state index contributed by atoms with van der Waals surface area (Å²) >= 11 is 0. The summed E-state index contributed by atoms with van der Waals surface area (Å²) < 4.78 is 29.9. The molecule has 0 fully saturated rings. The van der Waals surface area contributed by atoms with E-state index in [4.69, 9.17) is 4.55 Å². The van der Waals surface area contributed by atoms with Crippen LogP contribution < -0.4 is 0 Å². The molecule has 0 aromatic carbocycles. The second kappa shape index (κ2) is 21.1. The van der Waals surface area contributed by atoms with Crippen LogP contribution in [0, 0.1) is 0 Å². The fourth-order valence-electron chi connectivity index (χ4n) is 3.91. The summed E-state index contributed by atoms with van der Waals surface area (Å²) in [4.78, 5) is 0. The van der Waals surface area contributed by atoms with Crippen LogP contribution in [0.5, 0.6) is 0 Å². The first-order chi connectivity index (χ1) is 14.0. The summed E-state index contributed by atoms with van der Waals surface area (Å²) in [5.41, 5.74) is 0. The van der Waals surface area contributed by atoms with E-state index in [0.29, 0.717) is 6.42 Å². The Hall–Kier alpha value is -0.130. The van der Waals surface area contributed by atoms with Crippen molar-refractivity contribution in [1.82, 2.24) is 0 Å². The average molecular weight is 435 g/mol. The molecule has 29 heavy (non-hydrogen) atoms. The molecule has 0 amide bonds. The van der Waals surface area contributed by atoms with Crippen molar-refractivity contribution in [3.63, 3.8) is 0 Å². The van der Waals surface area contributed by atoms with Crippen molar-refractivity contribution in [2.75, 3.05) is 5.75 Å². The molecule has 0 aromatic heterocycles. The summed E-state index contributed by atoms with van der Waals surface area (Å²) in [6, 6.07) is 0.